The number of nitrogens with zero attached hydrogens (tertiary/aromatic N) is 4. The molecule has 1 amide bonds. The number of rotatable bonds is 4. The topological polar surface area (TPSA) is 58.6 Å². The molecule has 4 rings (SSSR count). The molecule has 1 aromatic heterocycles. The van der Waals surface area contributed by atoms with Gasteiger partial charge in [0, 0.05) is 31.7 Å². The molecule has 0 bridgehead atoms. The Bertz CT molecular complexity index is 800. The normalized spacial score (nSPS) is 16.5. The molecule has 0 saturated carbocycles. The summed E-state index contributed by atoms with van der Waals surface area (Å²) < 4.78 is 5.35. The number of fused-ring (bicyclic) bond motifs is 1. The van der Waals surface area contributed by atoms with Crippen LogP contribution in [0.5, 0.6) is 5.75 Å². The number of aryl methyl sites for hydroxylation is 2. The van der Waals surface area contributed by atoms with Gasteiger partial charge in [0.1, 0.15) is 5.75 Å². The van der Waals surface area contributed by atoms with E-state index in [0.717, 1.165) is 48.8 Å². The number of anilines is 1. The fraction of sp³-hybridized carbons (Fsp3) is 0.450. The minimum Gasteiger partial charge on any atom is -0.496 e. The van der Waals surface area contributed by atoms with Crippen molar-refractivity contribution in [1.29, 1.82) is 0 Å². The number of piperazine rings is 1. The second-order valence-electron chi connectivity index (χ2n) is 6.88. The van der Waals surface area contributed by atoms with Gasteiger partial charge in [-0.1, -0.05) is 18.2 Å². The van der Waals surface area contributed by atoms with E-state index >= 15 is 0 Å². The highest BCUT2D eigenvalue weighted by Crippen LogP contribution is 2.24. The minimum atomic E-state index is 0.147. The first-order valence-electron chi connectivity index (χ1n) is 9.24. The summed E-state index contributed by atoms with van der Waals surface area (Å²) in [6.45, 7) is 3.02. The molecule has 6 nitrogen and oxygen atoms in total. The van der Waals surface area contributed by atoms with E-state index < -0.39 is 0 Å². The number of carbonyl (C=O) groups excluding carboxylic acids is 1. The maximum Gasteiger partial charge on any atom is 0.227 e. The average molecular weight is 352 g/mol. The van der Waals surface area contributed by atoms with E-state index in [1.54, 1.807) is 7.11 Å². The van der Waals surface area contributed by atoms with Gasteiger partial charge >= 0.3 is 0 Å². The summed E-state index contributed by atoms with van der Waals surface area (Å²) in [6, 6.07) is 9.89. The zero-order chi connectivity index (χ0) is 17.9. The third-order valence-electron chi connectivity index (χ3n) is 5.30. The number of amides is 1. The third kappa shape index (κ3) is 3.36. The van der Waals surface area contributed by atoms with Gasteiger partial charge in [0.15, 0.2) is 5.82 Å². The molecule has 0 N–H and O–H groups in total. The summed E-state index contributed by atoms with van der Waals surface area (Å²) >= 11 is 0. The molecule has 1 aliphatic carbocycles. The lowest BCUT2D eigenvalue weighted by Crippen LogP contribution is -2.49. The standard InChI is InChI=1S/C20H24N4O2/c1-26-18-8-3-2-5-16(18)14-20(25)24-11-9-23(10-12-24)19-13-15-6-4-7-17(15)21-22-19/h2-3,5,8,13H,4,6-7,9-12,14H2,1H3. The predicted octanol–water partition coefficient (Wildman–Crippen LogP) is 1.87. The van der Waals surface area contributed by atoms with Crippen LogP contribution in [-0.4, -0.2) is 54.3 Å². The van der Waals surface area contributed by atoms with Crippen LogP contribution in [0, 0.1) is 0 Å². The molecule has 6 heteroatoms. The lowest BCUT2D eigenvalue weighted by Gasteiger charge is -2.35. The van der Waals surface area contributed by atoms with Crippen molar-refractivity contribution in [3.63, 3.8) is 0 Å². The van der Waals surface area contributed by atoms with Gasteiger partial charge < -0.3 is 14.5 Å². The molecular formula is C20H24N4O2. The Morgan fingerprint density at radius 3 is 2.73 bits per heavy atom. The molecule has 1 aromatic carbocycles. The van der Waals surface area contributed by atoms with Crippen LogP contribution in [0.1, 0.15) is 23.2 Å². The van der Waals surface area contributed by atoms with Crippen molar-refractivity contribution in [1.82, 2.24) is 15.1 Å². The fourth-order valence-electron chi connectivity index (χ4n) is 3.78. The summed E-state index contributed by atoms with van der Waals surface area (Å²) in [4.78, 5) is 16.8. The van der Waals surface area contributed by atoms with E-state index in [9.17, 15) is 4.79 Å². The number of para-hydroxylation sites is 1. The Labute approximate surface area is 153 Å². The van der Waals surface area contributed by atoms with Crippen molar-refractivity contribution in [2.45, 2.75) is 25.7 Å². The summed E-state index contributed by atoms with van der Waals surface area (Å²) in [7, 11) is 1.64. The van der Waals surface area contributed by atoms with Crippen LogP contribution >= 0.6 is 0 Å². The lowest BCUT2D eigenvalue weighted by atomic mass is 10.1. The molecule has 136 valence electrons. The molecular weight excluding hydrogens is 328 g/mol. The van der Waals surface area contributed by atoms with Crippen LogP contribution in [0.2, 0.25) is 0 Å². The van der Waals surface area contributed by atoms with Gasteiger partial charge in [0.25, 0.3) is 0 Å². The van der Waals surface area contributed by atoms with Crippen LogP contribution in [0.25, 0.3) is 0 Å². The largest absolute Gasteiger partial charge is 0.496 e. The Kier molecular flexibility index (Phi) is 4.73. The molecule has 0 unspecified atom stereocenters. The molecule has 1 saturated heterocycles. The fourth-order valence-corrected chi connectivity index (χ4v) is 3.78. The van der Waals surface area contributed by atoms with Crippen molar-refractivity contribution >= 4 is 11.7 Å². The van der Waals surface area contributed by atoms with Crippen LogP contribution in [0.15, 0.2) is 30.3 Å². The van der Waals surface area contributed by atoms with Gasteiger partial charge in [-0.3, -0.25) is 4.79 Å². The van der Waals surface area contributed by atoms with Crippen molar-refractivity contribution in [3.05, 3.63) is 47.2 Å². The molecule has 2 heterocycles. The van der Waals surface area contributed by atoms with Gasteiger partial charge in [0.05, 0.1) is 19.2 Å². The smallest absolute Gasteiger partial charge is 0.227 e. The van der Waals surface area contributed by atoms with E-state index in [-0.39, 0.29) is 5.91 Å². The van der Waals surface area contributed by atoms with Gasteiger partial charge in [-0.15, -0.1) is 5.10 Å². The average Bonchev–Trinajstić information content (AvgIpc) is 3.16. The number of methoxy groups -OCH3 is 1. The van der Waals surface area contributed by atoms with Crippen LogP contribution < -0.4 is 9.64 Å². The second-order valence-corrected chi connectivity index (χ2v) is 6.88. The highest BCUT2D eigenvalue weighted by Gasteiger charge is 2.24. The van der Waals surface area contributed by atoms with Crippen molar-refractivity contribution < 1.29 is 9.53 Å². The molecule has 1 aliphatic heterocycles. The third-order valence-corrected chi connectivity index (χ3v) is 5.30. The number of carbonyl (C=O) groups is 1. The number of hydrogen-bond acceptors (Lipinski definition) is 5. The molecule has 0 radical (unpaired) electrons. The quantitative estimate of drug-likeness (QED) is 0.841. The van der Waals surface area contributed by atoms with E-state index in [0.29, 0.717) is 19.5 Å². The maximum atomic E-state index is 12.7. The molecule has 2 aliphatic rings. The second kappa shape index (κ2) is 7.32. The van der Waals surface area contributed by atoms with Crippen molar-refractivity contribution in [2.24, 2.45) is 0 Å². The minimum absolute atomic E-state index is 0.147. The molecule has 26 heavy (non-hydrogen) atoms. The van der Waals surface area contributed by atoms with Gasteiger partial charge in [-0.2, -0.15) is 5.10 Å². The zero-order valence-corrected chi connectivity index (χ0v) is 15.1. The molecule has 0 spiro atoms. The van der Waals surface area contributed by atoms with Crippen LogP contribution in [-0.2, 0) is 24.1 Å². The first kappa shape index (κ1) is 16.8. The first-order chi connectivity index (χ1) is 12.7. The van der Waals surface area contributed by atoms with E-state index in [1.807, 2.05) is 29.2 Å². The molecule has 1 fully saturated rings. The highest BCUT2D eigenvalue weighted by molar-refractivity contribution is 5.79. The van der Waals surface area contributed by atoms with Gasteiger partial charge in [0.2, 0.25) is 5.91 Å². The first-order valence-corrected chi connectivity index (χ1v) is 9.24. The number of aromatic nitrogens is 2. The lowest BCUT2D eigenvalue weighted by molar-refractivity contribution is -0.130. The van der Waals surface area contributed by atoms with Crippen molar-refractivity contribution in [3.8, 4) is 5.75 Å². The maximum absolute atomic E-state index is 12.7. The highest BCUT2D eigenvalue weighted by atomic mass is 16.5. The number of hydrogen-bond donors (Lipinski definition) is 0. The predicted molar refractivity (Wildman–Crippen MR) is 99.5 cm³/mol. The number of ether oxygens (including phenoxy) is 1. The SMILES string of the molecule is COc1ccccc1CC(=O)N1CCN(c2cc3c(nn2)CCC3)CC1. The molecule has 0 atom stereocenters. The summed E-state index contributed by atoms with van der Waals surface area (Å²) in [5, 5.41) is 8.77. The number of benzene rings is 1. The van der Waals surface area contributed by atoms with E-state index in [4.69, 9.17) is 4.74 Å². The zero-order valence-electron chi connectivity index (χ0n) is 15.1. The van der Waals surface area contributed by atoms with Gasteiger partial charge in [-0.25, -0.2) is 0 Å². The van der Waals surface area contributed by atoms with Crippen LogP contribution in [0.3, 0.4) is 0 Å². The summed E-state index contributed by atoms with van der Waals surface area (Å²) in [6.07, 6.45) is 3.71. The van der Waals surface area contributed by atoms with Crippen LogP contribution in [0.4, 0.5) is 5.82 Å². The monoisotopic (exact) mass is 352 g/mol. The van der Waals surface area contributed by atoms with E-state index in [1.165, 1.54) is 12.0 Å². The summed E-state index contributed by atoms with van der Waals surface area (Å²) in [5.74, 6) is 1.87. The van der Waals surface area contributed by atoms with Crippen molar-refractivity contribution in [2.75, 3.05) is 38.2 Å². The van der Waals surface area contributed by atoms with Gasteiger partial charge in [-0.05, 0) is 37.0 Å². The Balaban J connectivity index is 1.36. The van der Waals surface area contributed by atoms with E-state index in [2.05, 4.69) is 21.2 Å². The Morgan fingerprint density at radius 2 is 1.92 bits per heavy atom. The Hall–Kier alpha value is -2.63. The Morgan fingerprint density at radius 1 is 1.12 bits per heavy atom. The molecule has 2 aromatic rings. The summed E-state index contributed by atoms with van der Waals surface area (Å²) in [5.41, 5.74) is 3.43.